The molecule has 0 aromatic carbocycles. The lowest BCUT2D eigenvalue weighted by Crippen LogP contribution is -2.46. The Morgan fingerprint density at radius 3 is 2.58 bits per heavy atom. The third-order valence-electron chi connectivity index (χ3n) is 4.32. The van der Waals surface area contributed by atoms with Crippen molar-refractivity contribution in [3.05, 3.63) is 0 Å². The number of urea groups is 1. The Bertz CT molecular complexity index is 346. The van der Waals surface area contributed by atoms with Crippen molar-refractivity contribution in [3.8, 4) is 0 Å². The Balaban J connectivity index is 1.95. The second-order valence-electron chi connectivity index (χ2n) is 5.89. The van der Waals surface area contributed by atoms with Crippen LogP contribution in [0.5, 0.6) is 0 Å². The van der Waals surface area contributed by atoms with Crippen LogP contribution in [0.25, 0.3) is 0 Å². The van der Waals surface area contributed by atoms with E-state index in [0.717, 1.165) is 38.8 Å². The SMILES string of the molecule is CC1CCCN(C(=O)N2CCCC2CC(=O)O)CC1. The molecule has 2 aliphatic heterocycles. The third-order valence-corrected chi connectivity index (χ3v) is 4.32. The molecule has 2 amide bonds. The van der Waals surface area contributed by atoms with Gasteiger partial charge in [-0.1, -0.05) is 6.92 Å². The van der Waals surface area contributed by atoms with E-state index in [-0.39, 0.29) is 18.5 Å². The van der Waals surface area contributed by atoms with Gasteiger partial charge < -0.3 is 14.9 Å². The molecule has 2 aliphatic rings. The molecule has 5 heteroatoms. The number of carboxylic acid groups (broad SMARTS) is 1. The van der Waals surface area contributed by atoms with Crippen molar-refractivity contribution in [2.75, 3.05) is 19.6 Å². The van der Waals surface area contributed by atoms with Gasteiger partial charge in [0.2, 0.25) is 0 Å². The van der Waals surface area contributed by atoms with E-state index in [9.17, 15) is 9.59 Å². The summed E-state index contributed by atoms with van der Waals surface area (Å²) in [7, 11) is 0. The molecule has 2 fully saturated rings. The Morgan fingerprint density at radius 2 is 1.84 bits per heavy atom. The van der Waals surface area contributed by atoms with Crippen LogP contribution in [0.2, 0.25) is 0 Å². The fourth-order valence-electron chi connectivity index (χ4n) is 3.14. The van der Waals surface area contributed by atoms with Gasteiger partial charge >= 0.3 is 12.0 Å². The van der Waals surface area contributed by atoms with Gasteiger partial charge in [0.25, 0.3) is 0 Å². The van der Waals surface area contributed by atoms with Gasteiger partial charge in [-0.2, -0.15) is 0 Å². The number of aliphatic carboxylic acids is 1. The van der Waals surface area contributed by atoms with E-state index in [0.29, 0.717) is 12.5 Å². The van der Waals surface area contributed by atoms with Crippen LogP contribution in [0.3, 0.4) is 0 Å². The quantitative estimate of drug-likeness (QED) is 0.835. The molecule has 0 aromatic heterocycles. The number of hydrogen-bond acceptors (Lipinski definition) is 2. The van der Waals surface area contributed by atoms with Gasteiger partial charge in [0, 0.05) is 25.7 Å². The van der Waals surface area contributed by atoms with E-state index < -0.39 is 5.97 Å². The number of carbonyl (C=O) groups is 2. The summed E-state index contributed by atoms with van der Waals surface area (Å²) in [5, 5.41) is 8.91. The van der Waals surface area contributed by atoms with Crippen LogP contribution in [0.1, 0.15) is 45.4 Å². The maximum absolute atomic E-state index is 12.5. The zero-order chi connectivity index (χ0) is 13.8. The zero-order valence-corrected chi connectivity index (χ0v) is 11.7. The summed E-state index contributed by atoms with van der Waals surface area (Å²) >= 11 is 0. The largest absolute Gasteiger partial charge is 0.481 e. The summed E-state index contributed by atoms with van der Waals surface area (Å²) in [6.07, 6.45) is 5.13. The van der Waals surface area contributed by atoms with Crippen LogP contribution in [-0.2, 0) is 4.79 Å². The minimum absolute atomic E-state index is 0.0536. The highest BCUT2D eigenvalue weighted by Crippen LogP contribution is 2.24. The van der Waals surface area contributed by atoms with E-state index in [1.807, 2.05) is 4.90 Å². The van der Waals surface area contributed by atoms with E-state index >= 15 is 0 Å². The summed E-state index contributed by atoms with van der Waals surface area (Å²) in [6.45, 7) is 4.58. The first-order valence-corrected chi connectivity index (χ1v) is 7.35. The van der Waals surface area contributed by atoms with Gasteiger partial charge in [-0.05, 0) is 38.0 Å². The Labute approximate surface area is 114 Å². The first-order valence-electron chi connectivity index (χ1n) is 7.35. The zero-order valence-electron chi connectivity index (χ0n) is 11.7. The minimum Gasteiger partial charge on any atom is -0.481 e. The van der Waals surface area contributed by atoms with Crippen LogP contribution in [0, 0.1) is 5.92 Å². The van der Waals surface area contributed by atoms with Crippen molar-refractivity contribution >= 4 is 12.0 Å². The van der Waals surface area contributed by atoms with Crippen molar-refractivity contribution in [1.82, 2.24) is 9.80 Å². The number of carbonyl (C=O) groups excluding carboxylic acids is 1. The highest BCUT2D eigenvalue weighted by atomic mass is 16.4. The normalized spacial score (nSPS) is 28.3. The Morgan fingerprint density at radius 1 is 1.11 bits per heavy atom. The highest BCUT2D eigenvalue weighted by molar-refractivity contribution is 5.76. The molecule has 1 N–H and O–H groups in total. The lowest BCUT2D eigenvalue weighted by Gasteiger charge is -2.30. The van der Waals surface area contributed by atoms with Crippen LogP contribution in [-0.4, -0.2) is 52.6 Å². The standard InChI is InChI=1S/C14H24N2O3/c1-11-4-2-7-15(9-6-11)14(19)16-8-3-5-12(16)10-13(17)18/h11-12H,2-10H2,1H3,(H,17,18). The lowest BCUT2D eigenvalue weighted by atomic mass is 10.0. The van der Waals surface area contributed by atoms with E-state index in [2.05, 4.69) is 6.92 Å². The Kier molecular flexibility index (Phi) is 4.66. The molecule has 0 aromatic rings. The summed E-state index contributed by atoms with van der Waals surface area (Å²) < 4.78 is 0. The van der Waals surface area contributed by atoms with Gasteiger partial charge in [0.1, 0.15) is 0 Å². The number of nitrogens with zero attached hydrogens (tertiary/aromatic N) is 2. The molecule has 108 valence electrons. The second kappa shape index (κ2) is 6.26. The molecule has 2 saturated heterocycles. The molecular weight excluding hydrogens is 244 g/mol. The molecule has 0 bridgehead atoms. The van der Waals surface area contributed by atoms with Gasteiger partial charge in [0.05, 0.1) is 6.42 Å². The summed E-state index contributed by atoms with van der Waals surface area (Å²) in [6, 6.07) is -0.0523. The van der Waals surface area contributed by atoms with Gasteiger partial charge in [0.15, 0.2) is 0 Å². The molecule has 0 aliphatic carbocycles. The highest BCUT2D eigenvalue weighted by Gasteiger charge is 2.33. The minimum atomic E-state index is -0.811. The number of amides is 2. The summed E-state index contributed by atoms with van der Waals surface area (Å²) in [4.78, 5) is 27.1. The fourth-order valence-corrected chi connectivity index (χ4v) is 3.14. The first kappa shape index (κ1) is 14.2. The number of rotatable bonds is 2. The van der Waals surface area contributed by atoms with Gasteiger partial charge in [-0.25, -0.2) is 4.79 Å². The number of carboxylic acids is 1. The number of hydrogen-bond donors (Lipinski definition) is 1. The molecule has 0 radical (unpaired) electrons. The maximum Gasteiger partial charge on any atom is 0.320 e. The third kappa shape index (κ3) is 3.61. The van der Waals surface area contributed by atoms with E-state index in [1.165, 1.54) is 6.42 Å². The maximum atomic E-state index is 12.5. The molecule has 19 heavy (non-hydrogen) atoms. The van der Waals surface area contributed by atoms with Crippen molar-refractivity contribution in [2.24, 2.45) is 5.92 Å². The van der Waals surface area contributed by atoms with Crippen LogP contribution in [0.4, 0.5) is 4.79 Å². The first-order chi connectivity index (χ1) is 9.08. The van der Waals surface area contributed by atoms with Crippen LogP contribution < -0.4 is 0 Å². The predicted molar refractivity (Wildman–Crippen MR) is 72.0 cm³/mol. The number of likely N-dealkylation sites (tertiary alicyclic amines) is 2. The second-order valence-corrected chi connectivity index (χ2v) is 5.89. The van der Waals surface area contributed by atoms with E-state index in [1.54, 1.807) is 4.90 Å². The van der Waals surface area contributed by atoms with E-state index in [4.69, 9.17) is 5.11 Å². The smallest absolute Gasteiger partial charge is 0.320 e. The molecular formula is C14H24N2O3. The van der Waals surface area contributed by atoms with Crippen molar-refractivity contribution in [1.29, 1.82) is 0 Å². The molecule has 5 nitrogen and oxygen atoms in total. The lowest BCUT2D eigenvalue weighted by molar-refractivity contribution is -0.138. The van der Waals surface area contributed by atoms with Crippen LogP contribution in [0.15, 0.2) is 0 Å². The van der Waals surface area contributed by atoms with Crippen molar-refractivity contribution in [2.45, 2.75) is 51.5 Å². The summed E-state index contributed by atoms with van der Waals surface area (Å²) in [5.74, 6) is -0.125. The fraction of sp³-hybridized carbons (Fsp3) is 0.857. The molecule has 2 atom stereocenters. The average Bonchev–Trinajstić information content (AvgIpc) is 2.68. The molecule has 0 spiro atoms. The van der Waals surface area contributed by atoms with Crippen molar-refractivity contribution in [3.63, 3.8) is 0 Å². The molecule has 2 rings (SSSR count). The topological polar surface area (TPSA) is 60.9 Å². The Hall–Kier alpha value is -1.26. The predicted octanol–water partition coefficient (Wildman–Crippen LogP) is 2.17. The average molecular weight is 268 g/mol. The van der Waals surface area contributed by atoms with Gasteiger partial charge in [-0.3, -0.25) is 4.79 Å². The molecule has 2 unspecified atom stereocenters. The monoisotopic (exact) mass is 268 g/mol. The molecule has 0 saturated carbocycles. The van der Waals surface area contributed by atoms with Gasteiger partial charge in [-0.15, -0.1) is 0 Å². The molecule has 2 heterocycles. The van der Waals surface area contributed by atoms with Crippen molar-refractivity contribution < 1.29 is 14.7 Å². The van der Waals surface area contributed by atoms with Crippen LogP contribution >= 0.6 is 0 Å². The summed E-state index contributed by atoms with van der Waals surface area (Å²) in [5.41, 5.74) is 0.